The second-order valence-corrected chi connectivity index (χ2v) is 7.40. The van der Waals surface area contributed by atoms with Gasteiger partial charge >= 0.3 is 0 Å². The summed E-state index contributed by atoms with van der Waals surface area (Å²) < 4.78 is 2.12. The third-order valence-electron chi connectivity index (χ3n) is 4.26. The Bertz CT molecular complexity index is 939. The van der Waals surface area contributed by atoms with E-state index in [0.717, 1.165) is 23.8 Å². The maximum atomic E-state index is 12.4. The Hall–Kier alpha value is -2.52. The molecule has 7 nitrogen and oxygen atoms in total. The zero-order valence-corrected chi connectivity index (χ0v) is 15.6. The van der Waals surface area contributed by atoms with Gasteiger partial charge < -0.3 is 10.2 Å². The average Bonchev–Trinajstić information content (AvgIpc) is 3.39. The number of hydrogen-bond donors (Lipinski definition) is 2. The van der Waals surface area contributed by atoms with Crippen LogP contribution in [0.25, 0.3) is 10.7 Å². The van der Waals surface area contributed by atoms with Crippen LogP contribution in [0.5, 0.6) is 0 Å². The fourth-order valence-electron chi connectivity index (χ4n) is 3.00. The molecule has 1 fully saturated rings. The zero-order chi connectivity index (χ0) is 17.9. The van der Waals surface area contributed by atoms with Crippen LogP contribution in [0.1, 0.15) is 12.8 Å². The van der Waals surface area contributed by atoms with Crippen LogP contribution in [0.3, 0.4) is 0 Å². The minimum atomic E-state index is -0.170. The molecule has 4 heterocycles. The third kappa shape index (κ3) is 3.54. The van der Waals surface area contributed by atoms with Gasteiger partial charge in [-0.1, -0.05) is 6.07 Å². The summed E-state index contributed by atoms with van der Waals surface area (Å²) in [6.07, 6.45) is 4.11. The Morgan fingerprint density at radius 2 is 2.15 bits per heavy atom. The largest absolute Gasteiger partial charge is 0.357 e. The highest BCUT2D eigenvalue weighted by molar-refractivity contribution is 7.71. The Balaban J connectivity index is 1.45. The quantitative estimate of drug-likeness (QED) is 0.658. The van der Waals surface area contributed by atoms with E-state index >= 15 is 0 Å². The van der Waals surface area contributed by atoms with Gasteiger partial charge in [-0.15, -0.1) is 11.3 Å². The molecule has 134 valence electrons. The minimum Gasteiger partial charge on any atom is -0.357 e. The predicted octanol–water partition coefficient (Wildman–Crippen LogP) is 3.30. The van der Waals surface area contributed by atoms with E-state index in [1.54, 1.807) is 22.1 Å². The second-order valence-electron chi connectivity index (χ2n) is 6.06. The van der Waals surface area contributed by atoms with Crippen molar-refractivity contribution in [2.24, 2.45) is 0 Å². The maximum absolute atomic E-state index is 12.4. The fraction of sp³-hybridized carbons (Fsp3) is 0.294. The number of carbonyl (C=O) groups is 1. The number of pyridine rings is 1. The number of aromatic amines is 1. The van der Waals surface area contributed by atoms with Crippen LogP contribution in [0.2, 0.25) is 0 Å². The van der Waals surface area contributed by atoms with Crippen molar-refractivity contribution >= 4 is 41.0 Å². The first-order valence-corrected chi connectivity index (χ1v) is 9.69. The first-order valence-electron chi connectivity index (χ1n) is 8.40. The number of nitrogens with zero attached hydrogens (tertiary/aromatic N) is 4. The molecule has 0 atom stereocenters. The summed E-state index contributed by atoms with van der Waals surface area (Å²) in [6, 6.07) is 7.72. The minimum absolute atomic E-state index is 0.0937. The summed E-state index contributed by atoms with van der Waals surface area (Å²) in [6.45, 7) is 2.18. The van der Waals surface area contributed by atoms with E-state index in [4.69, 9.17) is 12.2 Å². The van der Waals surface area contributed by atoms with Crippen LogP contribution in [0.15, 0.2) is 35.8 Å². The topological polar surface area (TPSA) is 78.8 Å². The lowest BCUT2D eigenvalue weighted by Gasteiger charge is -2.16. The number of rotatable bonds is 5. The lowest BCUT2D eigenvalue weighted by atomic mass is 10.3. The summed E-state index contributed by atoms with van der Waals surface area (Å²) in [7, 11) is 0. The molecule has 1 aliphatic rings. The number of carbonyl (C=O) groups excluding carboxylic acids is 1. The Morgan fingerprint density at radius 3 is 2.85 bits per heavy atom. The van der Waals surface area contributed by atoms with Crippen LogP contribution in [-0.2, 0) is 11.3 Å². The molecule has 1 aliphatic heterocycles. The molecule has 4 rings (SSSR count). The first-order chi connectivity index (χ1) is 12.7. The molecule has 0 unspecified atom stereocenters. The first kappa shape index (κ1) is 16.9. The number of nitrogens with one attached hydrogen (secondary N) is 2. The van der Waals surface area contributed by atoms with Crippen LogP contribution in [0.4, 0.5) is 11.5 Å². The summed E-state index contributed by atoms with van der Waals surface area (Å²) in [5.41, 5.74) is 0.672. The van der Waals surface area contributed by atoms with Crippen molar-refractivity contribution in [3.63, 3.8) is 0 Å². The van der Waals surface area contributed by atoms with Gasteiger partial charge in [0.15, 0.2) is 10.6 Å². The number of anilines is 2. The van der Waals surface area contributed by atoms with Crippen molar-refractivity contribution in [1.29, 1.82) is 0 Å². The van der Waals surface area contributed by atoms with E-state index in [0.29, 0.717) is 16.3 Å². The molecule has 26 heavy (non-hydrogen) atoms. The number of hydrogen-bond acceptors (Lipinski definition) is 6. The molecule has 1 amide bonds. The zero-order valence-electron chi connectivity index (χ0n) is 14.0. The molecule has 9 heteroatoms. The summed E-state index contributed by atoms with van der Waals surface area (Å²) in [5, 5.41) is 11.8. The highest BCUT2D eigenvalue weighted by Gasteiger charge is 2.15. The SMILES string of the molecule is O=C(Cn1c(-c2cccs2)n[nH]c1=S)Nc1ccc(N2CCCC2)nc1. The molecular formula is C17H18N6OS2. The van der Waals surface area contributed by atoms with Gasteiger partial charge in [0.2, 0.25) is 5.91 Å². The third-order valence-corrected chi connectivity index (χ3v) is 5.44. The van der Waals surface area contributed by atoms with Gasteiger partial charge in [0.05, 0.1) is 16.8 Å². The molecule has 2 N–H and O–H groups in total. The molecule has 0 bridgehead atoms. The van der Waals surface area contributed by atoms with E-state index in [2.05, 4.69) is 25.4 Å². The Morgan fingerprint density at radius 1 is 1.31 bits per heavy atom. The van der Waals surface area contributed by atoms with Crippen LogP contribution >= 0.6 is 23.6 Å². The highest BCUT2D eigenvalue weighted by Crippen LogP contribution is 2.23. The van der Waals surface area contributed by atoms with Gasteiger partial charge in [0.25, 0.3) is 0 Å². The van der Waals surface area contributed by atoms with Crippen molar-refractivity contribution in [1.82, 2.24) is 19.7 Å². The van der Waals surface area contributed by atoms with Crippen molar-refractivity contribution in [3.05, 3.63) is 40.6 Å². The molecule has 0 aromatic carbocycles. The van der Waals surface area contributed by atoms with Gasteiger partial charge in [0, 0.05) is 13.1 Å². The Kier molecular flexibility index (Phi) is 4.81. The van der Waals surface area contributed by atoms with Gasteiger partial charge in [-0.2, -0.15) is 5.10 Å². The van der Waals surface area contributed by atoms with E-state index in [1.807, 2.05) is 29.6 Å². The summed E-state index contributed by atoms with van der Waals surface area (Å²) in [5.74, 6) is 1.45. The number of thiophene rings is 1. The number of H-pyrrole nitrogens is 1. The number of aromatic nitrogens is 4. The maximum Gasteiger partial charge on any atom is 0.244 e. The van der Waals surface area contributed by atoms with E-state index < -0.39 is 0 Å². The Labute approximate surface area is 159 Å². The van der Waals surface area contributed by atoms with E-state index in [9.17, 15) is 4.79 Å². The van der Waals surface area contributed by atoms with Crippen molar-refractivity contribution < 1.29 is 4.79 Å². The van der Waals surface area contributed by atoms with Gasteiger partial charge in [-0.25, -0.2) is 4.98 Å². The summed E-state index contributed by atoms with van der Waals surface area (Å²) >= 11 is 6.81. The van der Waals surface area contributed by atoms with E-state index in [-0.39, 0.29) is 12.5 Å². The van der Waals surface area contributed by atoms with Crippen LogP contribution < -0.4 is 10.2 Å². The lowest BCUT2D eigenvalue weighted by molar-refractivity contribution is -0.116. The lowest BCUT2D eigenvalue weighted by Crippen LogP contribution is -2.21. The predicted molar refractivity (Wildman–Crippen MR) is 105 cm³/mol. The summed E-state index contributed by atoms with van der Waals surface area (Å²) in [4.78, 5) is 20.1. The molecule has 3 aromatic heterocycles. The molecule has 3 aromatic rings. The van der Waals surface area contributed by atoms with Crippen LogP contribution in [0, 0.1) is 4.77 Å². The monoisotopic (exact) mass is 386 g/mol. The van der Waals surface area contributed by atoms with Crippen molar-refractivity contribution in [3.8, 4) is 10.7 Å². The number of amides is 1. The fourth-order valence-corrected chi connectivity index (χ4v) is 3.91. The smallest absolute Gasteiger partial charge is 0.244 e. The highest BCUT2D eigenvalue weighted by atomic mass is 32.1. The molecule has 1 saturated heterocycles. The molecule has 0 saturated carbocycles. The standard InChI is InChI=1S/C17H18N6OS2/c24-15(11-23-16(20-21-17(23)25)13-4-3-9-26-13)19-12-5-6-14(18-10-12)22-7-1-2-8-22/h3-6,9-10H,1-2,7-8,11H2,(H,19,24)(H,21,25). The molecular weight excluding hydrogens is 368 g/mol. The van der Waals surface area contributed by atoms with Crippen molar-refractivity contribution in [2.75, 3.05) is 23.3 Å². The van der Waals surface area contributed by atoms with Gasteiger partial charge in [0.1, 0.15) is 12.4 Å². The molecule has 0 spiro atoms. The normalized spacial score (nSPS) is 13.9. The average molecular weight is 387 g/mol. The van der Waals surface area contributed by atoms with Gasteiger partial charge in [-0.3, -0.25) is 14.5 Å². The van der Waals surface area contributed by atoms with Crippen molar-refractivity contribution in [2.45, 2.75) is 19.4 Å². The van der Waals surface area contributed by atoms with Gasteiger partial charge in [-0.05, 0) is 48.6 Å². The van der Waals surface area contributed by atoms with E-state index in [1.165, 1.54) is 12.8 Å². The van der Waals surface area contributed by atoms with Crippen LogP contribution in [-0.4, -0.2) is 38.7 Å². The molecule has 0 aliphatic carbocycles. The second kappa shape index (κ2) is 7.38. The molecule has 0 radical (unpaired) electrons.